The van der Waals surface area contributed by atoms with Gasteiger partial charge in [-0.15, -0.1) is 11.8 Å². The highest BCUT2D eigenvalue weighted by molar-refractivity contribution is 8.00. The van der Waals surface area contributed by atoms with Gasteiger partial charge in [-0.1, -0.05) is 60.1 Å². The Kier molecular flexibility index (Phi) is 5.56. The number of anilines is 1. The second-order valence-corrected chi connectivity index (χ2v) is 7.98. The van der Waals surface area contributed by atoms with E-state index in [4.69, 9.17) is 11.6 Å². The van der Waals surface area contributed by atoms with Crippen LogP contribution < -0.4 is 5.32 Å². The van der Waals surface area contributed by atoms with Crippen molar-refractivity contribution in [2.75, 3.05) is 5.32 Å². The van der Waals surface area contributed by atoms with Gasteiger partial charge in [0.25, 0.3) is 0 Å². The molecular weight excluding hydrogens is 409 g/mol. The summed E-state index contributed by atoms with van der Waals surface area (Å²) < 4.78 is 16.0. The summed E-state index contributed by atoms with van der Waals surface area (Å²) in [5.74, 6) is -0.270. The minimum atomic E-state index is -0.650. The normalized spacial score (nSPS) is 12.1. The van der Waals surface area contributed by atoms with Crippen LogP contribution >= 0.6 is 23.4 Å². The summed E-state index contributed by atoms with van der Waals surface area (Å²) in [5.41, 5.74) is 2.20. The van der Waals surface area contributed by atoms with E-state index in [0.717, 1.165) is 22.8 Å². The molecule has 4 aromatic rings. The molecule has 146 valence electrons. The lowest BCUT2D eigenvalue weighted by Crippen LogP contribution is -2.21. The fraction of sp³-hybridized carbons (Fsp3) is 0.0909. The van der Waals surface area contributed by atoms with Crippen molar-refractivity contribution in [2.45, 2.75) is 10.1 Å². The molecule has 1 unspecified atom stereocenters. The lowest BCUT2D eigenvalue weighted by Gasteiger charge is -2.17. The molecule has 0 radical (unpaired) electrons. The Morgan fingerprint density at radius 1 is 1.07 bits per heavy atom. The fourth-order valence-corrected chi connectivity index (χ4v) is 4.42. The minimum Gasteiger partial charge on any atom is -0.312 e. The highest BCUT2D eigenvalue weighted by Crippen LogP contribution is 2.37. The highest BCUT2D eigenvalue weighted by Gasteiger charge is 2.25. The third-order valence-electron chi connectivity index (χ3n) is 4.50. The summed E-state index contributed by atoms with van der Waals surface area (Å²) in [5, 5.41) is 2.78. The molecule has 1 atom stereocenters. The number of carbonyl (C=O) groups excluding carboxylic acids is 1. The highest BCUT2D eigenvalue weighted by atomic mass is 35.5. The van der Waals surface area contributed by atoms with E-state index in [1.165, 1.54) is 6.07 Å². The SMILES string of the molecule is Cn1c(NC(=O)C(Sc2ccccc2F)c2ccccc2)nc2cccc(Cl)c21. The van der Waals surface area contributed by atoms with Crippen LogP contribution in [-0.4, -0.2) is 15.5 Å². The summed E-state index contributed by atoms with van der Waals surface area (Å²) in [6.07, 6.45) is 0. The Bertz CT molecular complexity index is 1180. The number of hydrogen-bond acceptors (Lipinski definition) is 3. The number of nitrogens with zero attached hydrogens (tertiary/aromatic N) is 2. The van der Waals surface area contributed by atoms with Gasteiger partial charge in [0.2, 0.25) is 11.9 Å². The molecule has 4 nitrogen and oxygen atoms in total. The van der Waals surface area contributed by atoms with Crippen LogP contribution in [0.4, 0.5) is 10.3 Å². The van der Waals surface area contributed by atoms with Crippen molar-refractivity contribution in [3.8, 4) is 0 Å². The molecule has 0 aliphatic rings. The van der Waals surface area contributed by atoms with Gasteiger partial charge >= 0.3 is 0 Å². The van der Waals surface area contributed by atoms with Crippen LogP contribution in [0.3, 0.4) is 0 Å². The number of thioether (sulfide) groups is 1. The first kappa shape index (κ1) is 19.5. The van der Waals surface area contributed by atoms with E-state index < -0.39 is 5.25 Å². The predicted molar refractivity (Wildman–Crippen MR) is 116 cm³/mol. The van der Waals surface area contributed by atoms with Crippen LogP contribution in [0.25, 0.3) is 11.0 Å². The summed E-state index contributed by atoms with van der Waals surface area (Å²) in [6.45, 7) is 0. The summed E-state index contributed by atoms with van der Waals surface area (Å²) in [7, 11) is 1.79. The number of halogens is 2. The van der Waals surface area contributed by atoms with E-state index in [1.54, 1.807) is 35.9 Å². The molecule has 1 aromatic heterocycles. The molecule has 0 spiro atoms. The first-order valence-corrected chi connectivity index (χ1v) is 10.2. The minimum absolute atomic E-state index is 0.293. The molecule has 4 rings (SSSR count). The second kappa shape index (κ2) is 8.27. The van der Waals surface area contributed by atoms with Crippen molar-refractivity contribution < 1.29 is 9.18 Å². The lowest BCUT2D eigenvalue weighted by atomic mass is 10.1. The van der Waals surface area contributed by atoms with Crippen molar-refractivity contribution in [2.24, 2.45) is 7.05 Å². The number of imidazole rings is 1. The summed E-state index contributed by atoms with van der Waals surface area (Å²) >= 11 is 7.44. The van der Waals surface area contributed by atoms with E-state index >= 15 is 0 Å². The van der Waals surface area contributed by atoms with Gasteiger partial charge in [0, 0.05) is 11.9 Å². The zero-order chi connectivity index (χ0) is 20.4. The van der Waals surface area contributed by atoms with Crippen molar-refractivity contribution in [1.29, 1.82) is 0 Å². The maximum absolute atomic E-state index is 14.2. The topological polar surface area (TPSA) is 46.9 Å². The number of aryl methyl sites for hydroxylation is 1. The lowest BCUT2D eigenvalue weighted by molar-refractivity contribution is -0.115. The third-order valence-corrected chi connectivity index (χ3v) is 6.11. The van der Waals surface area contributed by atoms with Crippen molar-refractivity contribution in [1.82, 2.24) is 9.55 Å². The number of fused-ring (bicyclic) bond motifs is 1. The second-order valence-electron chi connectivity index (χ2n) is 6.43. The van der Waals surface area contributed by atoms with Crippen LogP contribution in [0.5, 0.6) is 0 Å². The first-order valence-electron chi connectivity index (χ1n) is 8.92. The molecule has 3 aromatic carbocycles. The Balaban J connectivity index is 1.68. The van der Waals surface area contributed by atoms with E-state index in [2.05, 4.69) is 10.3 Å². The zero-order valence-corrected chi connectivity index (χ0v) is 17.0. The number of benzene rings is 3. The van der Waals surface area contributed by atoms with E-state index in [1.807, 2.05) is 42.5 Å². The molecule has 29 heavy (non-hydrogen) atoms. The molecule has 1 amide bonds. The van der Waals surface area contributed by atoms with Crippen molar-refractivity contribution in [3.63, 3.8) is 0 Å². The number of hydrogen-bond donors (Lipinski definition) is 1. The Morgan fingerprint density at radius 3 is 2.52 bits per heavy atom. The third kappa shape index (κ3) is 3.99. The monoisotopic (exact) mass is 425 g/mol. The fourth-order valence-electron chi connectivity index (χ4n) is 3.08. The predicted octanol–water partition coefficient (Wildman–Crippen LogP) is 5.84. The molecule has 7 heteroatoms. The number of para-hydroxylation sites is 1. The Labute approximate surface area is 176 Å². The molecule has 0 bridgehead atoms. The van der Waals surface area contributed by atoms with Crippen LogP contribution in [0.15, 0.2) is 77.7 Å². The first-order chi connectivity index (χ1) is 14.0. The van der Waals surface area contributed by atoms with Crippen molar-refractivity contribution >= 4 is 46.3 Å². The van der Waals surface area contributed by atoms with E-state index in [-0.39, 0.29) is 11.7 Å². The summed E-state index contributed by atoms with van der Waals surface area (Å²) in [4.78, 5) is 18.1. The molecule has 1 N–H and O–H groups in total. The quantitative estimate of drug-likeness (QED) is 0.409. The number of rotatable bonds is 5. The van der Waals surface area contributed by atoms with Gasteiger partial charge in [-0.05, 0) is 29.8 Å². The Hall–Kier alpha value is -2.83. The molecule has 1 heterocycles. The van der Waals surface area contributed by atoms with Gasteiger partial charge < -0.3 is 4.57 Å². The molecular formula is C22H17ClFN3OS. The number of nitrogens with one attached hydrogen (secondary N) is 1. The smallest absolute Gasteiger partial charge is 0.244 e. The van der Waals surface area contributed by atoms with E-state index in [9.17, 15) is 9.18 Å². The molecule has 0 aliphatic heterocycles. The average molecular weight is 426 g/mol. The number of amides is 1. The van der Waals surface area contributed by atoms with Crippen molar-refractivity contribution in [3.05, 3.63) is 89.2 Å². The van der Waals surface area contributed by atoms with Crippen LogP contribution in [-0.2, 0) is 11.8 Å². The van der Waals surface area contributed by atoms with Crippen LogP contribution in [0, 0.1) is 5.82 Å². The van der Waals surface area contributed by atoms with Gasteiger partial charge in [-0.2, -0.15) is 0 Å². The van der Waals surface area contributed by atoms with Gasteiger partial charge in [0.15, 0.2) is 0 Å². The summed E-state index contributed by atoms with van der Waals surface area (Å²) in [6, 6.07) is 21.1. The van der Waals surface area contributed by atoms with Gasteiger partial charge in [-0.3, -0.25) is 10.1 Å². The standard InChI is InChI=1S/C22H17ClFN3OS/c1-27-19-15(23)10-7-12-17(19)25-22(27)26-21(28)20(14-8-3-2-4-9-14)29-18-13-6-5-11-16(18)24/h2-13,20H,1H3,(H,25,26,28). The van der Waals surface area contributed by atoms with Crippen LogP contribution in [0.1, 0.15) is 10.8 Å². The molecule has 0 saturated heterocycles. The molecule has 0 fully saturated rings. The van der Waals surface area contributed by atoms with Crippen LogP contribution in [0.2, 0.25) is 5.02 Å². The maximum Gasteiger partial charge on any atom is 0.244 e. The largest absolute Gasteiger partial charge is 0.312 e. The molecule has 0 saturated carbocycles. The Morgan fingerprint density at radius 2 is 1.79 bits per heavy atom. The van der Waals surface area contributed by atoms with E-state index in [0.29, 0.717) is 21.4 Å². The average Bonchev–Trinajstić information content (AvgIpc) is 3.04. The number of aromatic nitrogens is 2. The number of carbonyl (C=O) groups is 1. The van der Waals surface area contributed by atoms with Gasteiger partial charge in [-0.25, -0.2) is 9.37 Å². The van der Waals surface area contributed by atoms with Gasteiger partial charge in [0.1, 0.15) is 11.1 Å². The molecule has 0 aliphatic carbocycles. The zero-order valence-electron chi connectivity index (χ0n) is 15.5. The maximum atomic E-state index is 14.2. The van der Waals surface area contributed by atoms with Gasteiger partial charge in [0.05, 0.1) is 16.1 Å².